The Kier molecular flexibility index (Phi) is 1.29. The highest BCUT2D eigenvalue weighted by molar-refractivity contribution is 5.78. The lowest BCUT2D eigenvalue weighted by Crippen LogP contribution is -1.92. The fourth-order valence-corrected chi connectivity index (χ4v) is 1.69. The van der Waals surface area contributed by atoms with Crippen molar-refractivity contribution in [1.29, 1.82) is 0 Å². The summed E-state index contributed by atoms with van der Waals surface area (Å²) in [5.41, 5.74) is 2.43. The second-order valence-electron chi connectivity index (χ2n) is 3.90. The van der Waals surface area contributed by atoms with E-state index < -0.39 is 0 Å². The summed E-state index contributed by atoms with van der Waals surface area (Å²) >= 11 is 0. The Bertz CT molecular complexity index is 452. The van der Waals surface area contributed by atoms with Crippen molar-refractivity contribution in [1.82, 2.24) is 9.78 Å². The Labute approximate surface area is 77.2 Å². The summed E-state index contributed by atoms with van der Waals surface area (Å²) in [7, 11) is 0. The second-order valence-corrected chi connectivity index (χ2v) is 3.90. The Morgan fingerprint density at radius 3 is 3.00 bits per heavy atom. The van der Waals surface area contributed by atoms with Crippen LogP contribution in [0.5, 0.6) is 0 Å². The number of aryl methyl sites for hydroxylation is 1. The Balaban J connectivity index is 2.20. The van der Waals surface area contributed by atoms with Crippen LogP contribution >= 0.6 is 0 Å². The molecule has 3 rings (SSSR count). The van der Waals surface area contributed by atoms with E-state index in [0.29, 0.717) is 6.04 Å². The van der Waals surface area contributed by atoms with E-state index in [2.05, 4.69) is 41.1 Å². The lowest BCUT2D eigenvalue weighted by molar-refractivity contribution is 0.649. The van der Waals surface area contributed by atoms with E-state index in [1.165, 1.54) is 23.8 Å². The average Bonchev–Trinajstić information content (AvgIpc) is 2.87. The quantitative estimate of drug-likeness (QED) is 0.646. The smallest absolute Gasteiger partial charge is 0.0923 e. The molecule has 13 heavy (non-hydrogen) atoms. The van der Waals surface area contributed by atoms with Crippen LogP contribution in [0.1, 0.15) is 24.4 Å². The third kappa shape index (κ3) is 1.13. The molecule has 2 heteroatoms. The van der Waals surface area contributed by atoms with Crippen LogP contribution in [-0.2, 0) is 0 Å². The molecule has 0 atom stereocenters. The van der Waals surface area contributed by atoms with Gasteiger partial charge in [0.2, 0.25) is 0 Å². The summed E-state index contributed by atoms with van der Waals surface area (Å²) in [5.74, 6) is 0. The van der Waals surface area contributed by atoms with Crippen molar-refractivity contribution in [3.63, 3.8) is 0 Å². The first-order valence-electron chi connectivity index (χ1n) is 4.78. The summed E-state index contributed by atoms with van der Waals surface area (Å²) < 4.78 is 2.12. The molecule has 0 radical (unpaired) electrons. The second kappa shape index (κ2) is 2.34. The third-order valence-corrected chi connectivity index (χ3v) is 2.60. The van der Waals surface area contributed by atoms with Gasteiger partial charge in [0, 0.05) is 11.6 Å². The number of hydrogen-bond acceptors (Lipinski definition) is 1. The maximum atomic E-state index is 4.53. The van der Waals surface area contributed by atoms with Crippen molar-refractivity contribution in [2.45, 2.75) is 25.8 Å². The standard InChI is InChI=1S/C11H12N2/c1-8-2-5-11-9(6-8)7-13(12-11)10-3-4-10/h2,5-7,10H,3-4H2,1H3. The van der Waals surface area contributed by atoms with Crippen LogP contribution in [0.4, 0.5) is 0 Å². The van der Waals surface area contributed by atoms with Crippen LogP contribution in [0.2, 0.25) is 0 Å². The lowest BCUT2D eigenvalue weighted by Gasteiger charge is -1.91. The number of hydrogen-bond donors (Lipinski definition) is 0. The van der Waals surface area contributed by atoms with Crippen molar-refractivity contribution in [2.24, 2.45) is 0 Å². The van der Waals surface area contributed by atoms with Crippen LogP contribution < -0.4 is 0 Å². The van der Waals surface area contributed by atoms with Gasteiger partial charge in [-0.1, -0.05) is 11.6 Å². The van der Waals surface area contributed by atoms with E-state index >= 15 is 0 Å². The minimum atomic E-state index is 0.688. The summed E-state index contributed by atoms with van der Waals surface area (Å²) in [4.78, 5) is 0. The Morgan fingerprint density at radius 1 is 1.38 bits per heavy atom. The van der Waals surface area contributed by atoms with Gasteiger partial charge < -0.3 is 0 Å². The largest absolute Gasteiger partial charge is 0.268 e. The zero-order chi connectivity index (χ0) is 8.84. The number of aromatic nitrogens is 2. The number of rotatable bonds is 1. The van der Waals surface area contributed by atoms with Crippen molar-refractivity contribution >= 4 is 10.9 Å². The van der Waals surface area contributed by atoms with E-state index in [1.807, 2.05) is 0 Å². The molecule has 0 amide bonds. The topological polar surface area (TPSA) is 17.8 Å². The number of fused-ring (bicyclic) bond motifs is 1. The molecule has 0 spiro atoms. The SMILES string of the molecule is Cc1ccc2nn(C3CC3)cc2c1. The normalized spacial score (nSPS) is 16.7. The highest BCUT2D eigenvalue weighted by Crippen LogP contribution is 2.35. The molecule has 0 saturated heterocycles. The van der Waals surface area contributed by atoms with Gasteiger partial charge in [0.15, 0.2) is 0 Å². The van der Waals surface area contributed by atoms with Crippen molar-refractivity contribution < 1.29 is 0 Å². The zero-order valence-corrected chi connectivity index (χ0v) is 7.70. The van der Waals surface area contributed by atoms with Crippen LogP contribution in [0.15, 0.2) is 24.4 Å². The predicted molar refractivity (Wildman–Crippen MR) is 52.7 cm³/mol. The minimum Gasteiger partial charge on any atom is -0.268 e. The fraction of sp³-hybridized carbons (Fsp3) is 0.364. The molecule has 1 aliphatic carbocycles. The molecule has 1 aromatic heterocycles. The lowest BCUT2D eigenvalue weighted by atomic mass is 10.2. The zero-order valence-electron chi connectivity index (χ0n) is 7.70. The van der Waals surface area contributed by atoms with Gasteiger partial charge in [-0.15, -0.1) is 0 Å². The van der Waals surface area contributed by atoms with Crippen molar-refractivity contribution in [2.75, 3.05) is 0 Å². The molecule has 1 aromatic carbocycles. The first-order chi connectivity index (χ1) is 6.33. The molecule has 1 aliphatic rings. The van der Waals surface area contributed by atoms with Gasteiger partial charge in [0.1, 0.15) is 0 Å². The first kappa shape index (κ1) is 7.13. The first-order valence-corrected chi connectivity index (χ1v) is 4.78. The number of benzene rings is 1. The van der Waals surface area contributed by atoms with Gasteiger partial charge in [-0.05, 0) is 31.9 Å². The van der Waals surface area contributed by atoms with E-state index in [9.17, 15) is 0 Å². The van der Waals surface area contributed by atoms with Crippen LogP contribution in [0.3, 0.4) is 0 Å². The van der Waals surface area contributed by atoms with E-state index in [1.54, 1.807) is 0 Å². The van der Waals surface area contributed by atoms with Crippen molar-refractivity contribution in [3.8, 4) is 0 Å². The molecule has 1 saturated carbocycles. The van der Waals surface area contributed by atoms with Gasteiger partial charge >= 0.3 is 0 Å². The third-order valence-electron chi connectivity index (χ3n) is 2.60. The Morgan fingerprint density at radius 2 is 2.23 bits per heavy atom. The van der Waals surface area contributed by atoms with Crippen LogP contribution in [0, 0.1) is 6.92 Å². The monoisotopic (exact) mass is 172 g/mol. The molecule has 1 heterocycles. The van der Waals surface area contributed by atoms with Gasteiger partial charge in [0.05, 0.1) is 11.6 Å². The van der Waals surface area contributed by atoms with Crippen LogP contribution in [0.25, 0.3) is 10.9 Å². The highest BCUT2D eigenvalue weighted by atomic mass is 15.3. The summed E-state index contributed by atoms with van der Waals surface area (Å²) in [6.07, 6.45) is 4.76. The maximum absolute atomic E-state index is 4.53. The van der Waals surface area contributed by atoms with Crippen molar-refractivity contribution in [3.05, 3.63) is 30.0 Å². The number of nitrogens with zero attached hydrogens (tertiary/aromatic N) is 2. The minimum absolute atomic E-state index is 0.688. The fourth-order valence-electron chi connectivity index (χ4n) is 1.69. The van der Waals surface area contributed by atoms with E-state index in [-0.39, 0.29) is 0 Å². The van der Waals surface area contributed by atoms with Crippen LogP contribution in [-0.4, -0.2) is 9.78 Å². The molecule has 66 valence electrons. The molecule has 0 bridgehead atoms. The van der Waals surface area contributed by atoms with Gasteiger partial charge in [-0.25, -0.2) is 0 Å². The van der Waals surface area contributed by atoms with E-state index in [4.69, 9.17) is 0 Å². The van der Waals surface area contributed by atoms with Gasteiger partial charge in [-0.3, -0.25) is 4.68 Å². The maximum Gasteiger partial charge on any atom is 0.0923 e. The molecule has 0 unspecified atom stereocenters. The summed E-state index contributed by atoms with van der Waals surface area (Å²) in [6, 6.07) is 7.10. The summed E-state index contributed by atoms with van der Waals surface area (Å²) in [6.45, 7) is 2.12. The molecular weight excluding hydrogens is 160 g/mol. The molecule has 1 fully saturated rings. The molecule has 2 nitrogen and oxygen atoms in total. The molecule has 2 aromatic rings. The van der Waals surface area contributed by atoms with E-state index in [0.717, 1.165) is 5.52 Å². The van der Waals surface area contributed by atoms with Gasteiger partial charge in [-0.2, -0.15) is 5.10 Å². The average molecular weight is 172 g/mol. The Hall–Kier alpha value is -1.31. The molecule has 0 aliphatic heterocycles. The predicted octanol–water partition coefficient (Wildman–Crippen LogP) is 2.68. The van der Waals surface area contributed by atoms with Gasteiger partial charge in [0.25, 0.3) is 0 Å². The molecular formula is C11H12N2. The molecule has 0 N–H and O–H groups in total. The summed E-state index contributed by atoms with van der Waals surface area (Å²) in [5, 5.41) is 5.80. The highest BCUT2D eigenvalue weighted by Gasteiger charge is 2.24.